The van der Waals surface area contributed by atoms with Crippen LogP contribution in [0.25, 0.3) is 11.3 Å². The fraction of sp³-hybridized carbons (Fsp3) is 0.412. The molecule has 7 heteroatoms. The molecule has 0 aliphatic rings. The zero-order chi connectivity index (χ0) is 18.3. The molecule has 24 heavy (non-hydrogen) atoms. The Morgan fingerprint density at radius 2 is 1.71 bits per heavy atom. The van der Waals surface area contributed by atoms with Crippen LogP contribution in [0.4, 0.5) is 5.95 Å². The molecule has 0 aromatic carbocycles. The molecule has 2 aromatic rings. The molecule has 0 spiro atoms. The largest absolute Gasteiger partial charge is 0.409 e. The summed E-state index contributed by atoms with van der Waals surface area (Å²) in [6.07, 6.45) is 4.97. The van der Waals surface area contributed by atoms with Gasteiger partial charge in [0, 0.05) is 24.2 Å². The average Bonchev–Trinajstić information content (AvgIpc) is 2.62. The molecule has 7 nitrogen and oxygen atoms in total. The number of oxime groups is 1. The van der Waals surface area contributed by atoms with Gasteiger partial charge in [0.2, 0.25) is 5.95 Å². The smallest absolute Gasteiger partial charge is 0.219 e. The maximum absolute atomic E-state index is 9.05. The van der Waals surface area contributed by atoms with Crippen LogP contribution in [0.15, 0.2) is 35.9 Å². The normalized spacial score (nSPS) is 13.8. The maximum Gasteiger partial charge on any atom is 0.219 e. The number of nitrogens with two attached hydrogens (primary N) is 2. The molecule has 2 aromatic heterocycles. The van der Waals surface area contributed by atoms with Crippen LogP contribution < -0.4 is 11.5 Å². The van der Waals surface area contributed by atoms with Crippen LogP contribution in [0.2, 0.25) is 0 Å². The molecule has 0 saturated heterocycles. The van der Waals surface area contributed by atoms with Crippen LogP contribution in [-0.4, -0.2) is 26.0 Å². The first-order valence-electron chi connectivity index (χ1n) is 7.92. The highest BCUT2D eigenvalue weighted by molar-refractivity contribution is 5.91. The van der Waals surface area contributed by atoms with Gasteiger partial charge in [-0.2, -0.15) is 0 Å². The van der Waals surface area contributed by atoms with E-state index in [0.717, 1.165) is 16.8 Å². The van der Waals surface area contributed by atoms with Crippen molar-refractivity contribution >= 4 is 11.8 Å². The van der Waals surface area contributed by atoms with E-state index in [4.69, 9.17) is 16.7 Å². The number of anilines is 1. The Balaban J connectivity index is 0.00000139. The van der Waals surface area contributed by atoms with Crippen LogP contribution >= 0.6 is 0 Å². The molecule has 0 saturated carbocycles. The Bertz CT molecular complexity index is 666. The van der Waals surface area contributed by atoms with Crippen molar-refractivity contribution in [2.24, 2.45) is 16.8 Å². The molecule has 1 atom stereocenters. The van der Waals surface area contributed by atoms with Gasteiger partial charge in [0.1, 0.15) is 5.84 Å². The lowest BCUT2D eigenvalue weighted by Crippen LogP contribution is -2.43. The minimum absolute atomic E-state index is 0.135. The van der Waals surface area contributed by atoms with E-state index >= 15 is 0 Å². The van der Waals surface area contributed by atoms with Gasteiger partial charge in [-0.05, 0) is 24.5 Å². The van der Waals surface area contributed by atoms with Crippen molar-refractivity contribution < 1.29 is 5.21 Å². The molecular formula is C17H26N6O. The average molecular weight is 330 g/mol. The van der Waals surface area contributed by atoms with E-state index in [0.29, 0.717) is 0 Å². The van der Waals surface area contributed by atoms with Crippen molar-refractivity contribution in [1.82, 2.24) is 15.0 Å². The Morgan fingerprint density at radius 3 is 2.12 bits per heavy atom. The van der Waals surface area contributed by atoms with Crippen molar-refractivity contribution in [1.29, 1.82) is 0 Å². The van der Waals surface area contributed by atoms with Gasteiger partial charge in [0.15, 0.2) is 0 Å². The summed E-state index contributed by atoms with van der Waals surface area (Å²) < 4.78 is 0. The van der Waals surface area contributed by atoms with Crippen molar-refractivity contribution in [3.8, 4) is 11.3 Å². The lowest BCUT2D eigenvalue weighted by atomic mass is 9.73. The number of nitrogen functional groups attached to an aromatic ring is 1. The van der Waals surface area contributed by atoms with E-state index in [1.807, 2.05) is 46.8 Å². The SMILES string of the molecule is CC.CC(C)C(C)(/C(N)=N/O)c1ccc(-c2cnc(N)nc2)nc1. The van der Waals surface area contributed by atoms with Crippen LogP contribution in [-0.2, 0) is 5.41 Å². The summed E-state index contributed by atoms with van der Waals surface area (Å²) in [4.78, 5) is 12.3. The third kappa shape index (κ3) is 3.79. The highest BCUT2D eigenvalue weighted by Gasteiger charge is 2.35. The Kier molecular flexibility index (Phi) is 6.64. The van der Waals surface area contributed by atoms with Crippen LogP contribution in [0.5, 0.6) is 0 Å². The van der Waals surface area contributed by atoms with E-state index < -0.39 is 5.41 Å². The predicted octanol–water partition coefficient (Wildman–Crippen LogP) is 2.81. The minimum atomic E-state index is -0.599. The number of aromatic nitrogens is 3. The summed E-state index contributed by atoms with van der Waals surface area (Å²) in [5, 5.41) is 12.2. The number of hydrogen-bond donors (Lipinski definition) is 3. The van der Waals surface area contributed by atoms with E-state index in [1.54, 1.807) is 18.6 Å². The van der Waals surface area contributed by atoms with E-state index in [9.17, 15) is 0 Å². The van der Waals surface area contributed by atoms with Crippen molar-refractivity contribution in [3.05, 3.63) is 36.3 Å². The van der Waals surface area contributed by atoms with Gasteiger partial charge in [-0.15, -0.1) is 0 Å². The molecule has 0 aliphatic heterocycles. The summed E-state index contributed by atoms with van der Waals surface area (Å²) >= 11 is 0. The number of rotatable bonds is 4. The lowest BCUT2D eigenvalue weighted by molar-refractivity contribution is 0.306. The molecular weight excluding hydrogens is 304 g/mol. The maximum atomic E-state index is 9.05. The molecule has 0 radical (unpaired) electrons. The summed E-state index contributed by atoms with van der Waals surface area (Å²) in [6, 6.07) is 3.77. The van der Waals surface area contributed by atoms with Gasteiger partial charge >= 0.3 is 0 Å². The van der Waals surface area contributed by atoms with Gasteiger partial charge in [0.25, 0.3) is 0 Å². The minimum Gasteiger partial charge on any atom is -0.409 e. The Morgan fingerprint density at radius 1 is 1.12 bits per heavy atom. The first kappa shape index (κ1) is 19.3. The summed E-state index contributed by atoms with van der Waals surface area (Å²) in [6.45, 7) is 9.95. The molecule has 0 aliphatic carbocycles. The third-order valence-corrected chi connectivity index (χ3v) is 4.13. The van der Waals surface area contributed by atoms with Crippen LogP contribution in [0.3, 0.4) is 0 Å². The molecule has 0 bridgehead atoms. The Hall–Kier alpha value is -2.70. The number of pyridine rings is 1. The molecule has 0 amide bonds. The van der Waals surface area contributed by atoms with Gasteiger partial charge in [-0.3, -0.25) is 4.98 Å². The van der Waals surface area contributed by atoms with Gasteiger partial charge < -0.3 is 16.7 Å². The summed E-state index contributed by atoms with van der Waals surface area (Å²) in [7, 11) is 0. The Labute approximate surface area is 142 Å². The van der Waals surface area contributed by atoms with Crippen molar-refractivity contribution in [2.75, 3.05) is 5.73 Å². The molecule has 2 heterocycles. The van der Waals surface area contributed by atoms with Gasteiger partial charge in [-0.1, -0.05) is 38.9 Å². The van der Waals surface area contributed by atoms with E-state index in [-0.39, 0.29) is 17.7 Å². The molecule has 1 unspecified atom stereocenters. The molecule has 130 valence electrons. The van der Waals surface area contributed by atoms with Gasteiger partial charge in [0.05, 0.1) is 11.1 Å². The zero-order valence-electron chi connectivity index (χ0n) is 14.9. The molecule has 0 fully saturated rings. The summed E-state index contributed by atoms with van der Waals surface area (Å²) in [5.74, 6) is 0.517. The number of nitrogens with zero attached hydrogens (tertiary/aromatic N) is 4. The van der Waals surface area contributed by atoms with Crippen molar-refractivity contribution in [3.63, 3.8) is 0 Å². The highest BCUT2D eigenvalue weighted by atomic mass is 16.4. The number of hydrogen-bond acceptors (Lipinski definition) is 6. The monoisotopic (exact) mass is 330 g/mol. The van der Waals surface area contributed by atoms with Crippen molar-refractivity contribution in [2.45, 2.75) is 40.0 Å². The zero-order valence-corrected chi connectivity index (χ0v) is 14.9. The summed E-state index contributed by atoms with van der Waals surface area (Å²) in [5.41, 5.74) is 13.1. The second kappa shape index (κ2) is 8.24. The first-order chi connectivity index (χ1) is 11.4. The fourth-order valence-electron chi connectivity index (χ4n) is 2.22. The molecule has 5 N–H and O–H groups in total. The first-order valence-corrected chi connectivity index (χ1v) is 7.92. The molecule has 2 rings (SSSR count). The number of amidine groups is 1. The topological polar surface area (TPSA) is 123 Å². The van der Waals surface area contributed by atoms with E-state index in [1.165, 1.54) is 0 Å². The van der Waals surface area contributed by atoms with E-state index in [2.05, 4.69) is 20.1 Å². The third-order valence-electron chi connectivity index (χ3n) is 4.13. The predicted molar refractivity (Wildman–Crippen MR) is 96.6 cm³/mol. The van der Waals surface area contributed by atoms with Crippen LogP contribution in [0, 0.1) is 5.92 Å². The standard InChI is InChI=1S/C15H20N6O.C2H6/c1-9(2)15(3,13(16)21-22)11-4-5-12(18-8-11)10-6-19-14(17)20-7-10;1-2/h4-9,22H,1-3H3,(H2,16,21)(H2,17,19,20);1-2H3. The second-order valence-corrected chi connectivity index (χ2v) is 5.60. The quantitative estimate of drug-likeness (QED) is 0.343. The lowest BCUT2D eigenvalue weighted by Gasteiger charge is -2.32. The highest BCUT2D eigenvalue weighted by Crippen LogP contribution is 2.32. The van der Waals surface area contributed by atoms with Gasteiger partial charge in [-0.25, -0.2) is 9.97 Å². The van der Waals surface area contributed by atoms with Crippen LogP contribution in [0.1, 0.15) is 40.2 Å². The fourth-order valence-corrected chi connectivity index (χ4v) is 2.22. The second-order valence-electron chi connectivity index (χ2n) is 5.60.